The predicted octanol–water partition coefficient (Wildman–Crippen LogP) is 4.70. The highest BCUT2D eigenvalue weighted by molar-refractivity contribution is 5.81. The minimum Gasteiger partial charge on any atom is -0.349 e. The maximum atomic E-state index is 13.0. The van der Waals surface area contributed by atoms with Gasteiger partial charge in [-0.25, -0.2) is 0 Å². The van der Waals surface area contributed by atoms with E-state index in [0.717, 1.165) is 31.4 Å². The largest absolute Gasteiger partial charge is 0.416 e. The van der Waals surface area contributed by atoms with E-state index in [9.17, 15) is 22.8 Å². The number of nitrogens with one attached hydrogen (secondary N) is 1. The van der Waals surface area contributed by atoms with E-state index in [1.54, 1.807) is 11.0 Å². The Labute approximate surface area is 164 Å². The standard InChI is InChI=1S/C21H29F3N2O2/c1-3-7-18(15-9-5-11-17(13-15)21(22,23)24)25-20(28)16-10-6-12-26(14-16)19(27)8-4-2/h5,9,11,13,16,18H,3-4,6-8,10,12,14H2,1-2H3,(H,25,28). The first-order chi connectivity index (χ1) is 13.3. The zero-order chi connectivity index (χ0) is 20.7. The molecule has 1 aliphatic rings. The van der Waals surface area contributed by atoms with Gasteiger partial charge in [-0.15, -0.1) is 0 Å². The second kappa shape index (κ2) is 9.94. The summed E-state index contributed by atoms with van der Waals surface area (Å²) in [6.45, 7) is 4.91. The van der Waals surface area contributed by atoms with Gasteiger partial charge in [-0.1, -0.05) is 32.4 Å². The fraction of sp³-hybridized carbons (Fsp3) is 0.619. The molecule has 1 heterocycles. The molecular formula is C21H29F3N2O2. The van der Waals surface area contributed by atoms with Crippen molar-refractivity contribution in [2.75, 3.05) is 13.1 Å². The quantitative estimate of drug-likeness (QED) is 0.724. The zero-order valence-corrected chi connectivity index (χ0v) is 16.5. The molecule has 1 fully saturated rings. The number of piperidine rings is 1. The third kappa shape index (κ3) is 5.97. The number of hydrogen-bond acceptors (Lipinski definition) is 2. The molecular weight excluding hydrogens is 369 g/mol. The Morgan fingerprint density at radius 3 is 2.64 bits per heavy atom. The fourth-order valence-corrected chi connectivity index (χ4v) is 3.62. The zero-order valence-electron chi connectivity index (χ0n) is 16.5. The summed E-state index contributed by atoms with van der Waals surface area (Å²) in [5.74, 6) is -0.451. The molecule has 0 aromatic heterocycles. The molecule has 2 atom stereocenters. The van der Waals surface area contributed by atoms with E-state index in [4.69, 9.17) is 0 Å². The number of rotatable bonds is 7. The van der Waals surface area contributed by atoms with E-state index >= 15 is 0 Å². The van der Waals surface area contributed by atoms with E-state index in [-0.39, 0.29) is 17.7 Å². The van der Waals surface area contributed by atoms with E-state index in [2.05, 4.69) is 5.32 Å². The molecule has 2 amide bonds. The molecule has 7 heteroatoms. The maximum absolute atomic E-state index is 13.0. The number of alkyl halides is 3. The molecule has 0 spiro atoms. The summed E-state index contributed by atoms with van der Waals surface area (Å²) in [6, 6.07) is 4.67. The molecule has 1 N–H and O–H groups in total. The Hall–Kier alpha value is -2.05. The SMILES string of the molecule is CCCC(=O)N1CCCC(C(=O)NC(CCC)c2cccc(C(F)(F)F)c2)C1. The molecule has 1 saturated heterocycles. The van der Waals surface area contributed by atoms with Crippen molar-refractivity contribution in [1.82, 2.24) is 10.2 Å². The van der Waals surface area contributed by atoms with Crippen molar-refractivity contribution in [3.63, 3.8) is 0 Å². The van der Waals surface area contributed by atoms with Crippen LogP contribution in [-0.4, -0.2) is 29.8 Å². The summed E-state index contributed by atoms with van der Waals surface area (Å²) in [4.78, 5) is 26.7. The lowest BCUT2D eigenvalue weighted by Gasteiger charge is -2.33. The Morgan fingerprint density at radius 1 is 1.25 bits per heavy atom. The van der Waals surface area contributed by atoms with Crippen LogP contribution in [0.4, 0.5) is 13.2 Å². The van der Waals surface area contributed by atoms with Crippen LogP contribution in [0.5, 0.6) is 0 Å². The molecule has 0 radical (unpaired) electrons. The fourth-order valence-electron chi connectivity index (χ4n) is 3.62. The molecule has 2 rings (SSSR count). The van der Waals surface area contributed by atoms with Crippen LogP contribution in [0.2, 0.25) is 0 Å². The summed E-state index contributed by atoms with van der Waals surface area (Å²) in [7, 11) is 0. The van der Waals surface area contributed by atoms with Crippen molar-refractivity contribution in [2.24, 2.45) is 5.92 Å². The van der Waals surface area contributed by atoms with E-state index < -0.39 is 17.8 Å². The summed E-state index contributed by atoms with van der Waals surface area (Å²) in [6.07, 6.45) is -0.457. The number of amides is 2. The first-order valence-corrected chi connectivity index (χ1v) is 10.0. The first-order valence-electron chi connectivity index (χ1n) is 10.0. The molecule has 1 aliphatic heterocycles. The lowest BCUT2D eigenvalue weighted by Crippen LogP contribution is -2.46. The van der Waals surface area contributed by atoms with Gasteiger partial charge >= 0.3 is 6.18 Å². The lowest BCUT2D eigenvalue weighted by molar-refractivity contribution is -0.138. The molecule has 1 aromatic carbocycles. The Morgan fingerprint density at radius 2 is 2.00 bits per heavy atom. The highest BCUT2D eigenvalue weighted by Crippen LogP contribution is 2.32. The molecule has 0 bridgehead atoms. The van der Waals surface area contributed by atoms with Crippen molar-refractivity contribution in [1.29, 1.82) is 0 Å². The van der Waals surface area contributed by atoms with Crippen molar-refractivity contribution < 1.29 is 22.8 Å². The molecule has 0 aliphatic carbocycles. The first kappa shape index (κ1) is 22.2. The van der Waals surface area contributed by atoms with Gasteiger partial charge in [0.1, 0.15) is 0 Å². The highest BCUT2D eigenvalue weighted by atomic mass is 19.4. The Bertz CT molecular complexity index is 676. The molecule has 2 unspecified atom stereocenters. The predicted molar refractivity (Wildman–Crippen MR) is 101 cm³/mol. The van der Waals surface area contributed by atoms with Crippen LogP contribution in [-0.2, 0) is 15.8 Å². The smallest absolute Gasteiger partial charge is 0.349 e. The van der Waals surface area contributed by atoms with Gasteiger partial charge in [0.25, 0.3) is 0 Å². The summed E-state index contributed by atoms with van der Waals surface area (Å²) < 4.78 is 39.1. The summed E-state index contributed by atoms with van der Waals surface area (Å²) in [5, 5.41) is 2.93. The number of nitrogens with zero attached hydrogens (tertiary/aromatic N) is 1. The van der Waals surface area contributed by atoms with Crippen LogP contribution < -0.4 is 5.32 Å². The molecule has 28 heavy (non-hydrogen) atoms. The highest BCUT2D eigenvalue weighted by Gasteiger charge is 2.32. The van der Waals surface area contributed by atoms with Crippen LogP contribution in [0.15, 0.2) is 24.3 Å². The van der Waals surface area contributed by atoms with Gasteiger partial charge in [0.05, 0.1) is 17.5 Å². The van der Waals surface area contributed by atoms with Crippen LogP contribution in [0.1, 0.15) is 69.5 Å². The number of carbonyl (C=O) groups is 2. The van der Waals surface area contributed by atoms with Gasteiger partial charge in [0.2, 0.25) is 11.8 Å². The second-order valence-corrected chi connectivity index (χ2v) is 7.40. The minimum atomic E-state index is -4.42. The van der Waals surface area contributed by atoms with Gasteiger partial charge in [-0.2, -0.15) is 13.2 Å². The molecule has 156 valence electrons. The van der Waals surface area contributed by atoms with Gasteiger partial charge in [-0.3, -0.25) is 9.59 Å². The Kier molecular flexibility index (Phi) is 7.89. The third-order valence-corrected chi connectivity index (χ3v) is 5.12. The lowest BCUT2D eigenvalue weighted by atomic mass is 9.94. The van der Waals surface area contributed by atoms with E-state index in [1.165, 1.54) is 6.07 Å². The van der Waals surface area contributed by atoms with Crippen LogP contribution in [0.25, 0.3) is 0 Å². The van der Waals surface area contributed by atoms with Gasteiger partial charge < -0.3 is 10.2 Å². The van der Waals surface area contributed by atoms with Crippen LogP contribution >= 0.6 is 0 Å². The van der Waals surface area contributed by atoms with Crippen LogP contribution in [0.3, 0.4) is 0 Å². The molecule has 1 aromatic rings. The number of halogens is 3. The summed E-state index contributed by atoms with van der Waals surface area (Å²) in [5.41, 5.74) is -0.255. The van der Waals surface area contributed by atoms with Gasteiger partial charge in [0, 0.05) is 19.5 Å². The maximum Gasteiger partial charge on any atom is 0.416 e. The molecule has 0 saturated carbocycles. The number of benzene rings is 1. The number of carbonyl (C=O) groups excluding carboxylic acids is 2. The second-order valence-electron chi connectivity index (χ2n) is 7.40. The van der Waals surface area contributed by atoms with Gasteiger partial charge in [0.15, 0.2) is 0 Å². The number of likely N-dealkylation sites (tertiary alicyclic amines) is 1. The topological polar surface area (TPSA) is 49.4 Å². The normalized spacial score (nSPS) is 18.6. The Balaban J connectivity index is 2.09. The average molecular weight is 398 g/mol. The van der Waals surface area contributed by atoms with Crippen LogP contribution in [0, 0.1) is 5.92 Å². The van der Waals surface area contributed by atoms with Crippen molar-refractivity contribution >= 4 is 11.8 Å². The minimum absolute atomic E-state index is 0.0583. The van der Waals surface area contributed by atoms with E-state index in [1.807, 2.05) is 13.8 Å². The third-order valence-electron chi connectivity index (χ3n) is 5.12. The van der Waals surface area contributed by atoms with E-state index in [0.29, 0.717) is 37.9 Å². The van der Waals surface area contributed by atoms with Crippen molar-refractivity contribution in [3.8, 4) is 0 Å². The average Bonchev–Trinajstić information content (AvgIpc) is 2.67. The molecule has 4 nitrogen and oxygen atoms in total. The monoisotopic (exact) mass is 398 g/mol. The van der Waals surface area contributed by atoms with Crippen molar-refractivity contribution in [3.05, 3.63) is 35.4 Å². The van der Waals surface area contributed by atoms with Gasteiger partial charge in [-0.05, 0) is 43.4 Å². The summed E-state index contributed by atoms with van der Waals surface area (Å²) >= 11 is 0. The van der Waals surface area contributed by atoms with Crippen molar-refractivity contribution in [2.45, 2.75) is 64.6 Å². The number of hydrogen-bond donors (Lipinski definition) is 1.